The molecule has 0 heterocycles. The maximum absolute atomic E-state index is 11.6. The second-order valence-corrected chi connectivity index (χ2v) is 4.30. The lowest BCUT2D eigenvalue weighted by Gasteiger charge is -2.09. The fourth-order valence-corrected chi connectivity index (χ4v) is 1.71. The molecule has 1 aromatic rings. The van der Waals surface area contributed by atoms with E-state index in [2.05, 4.69) is 5.32 Å². The number of ether oxygens (including phenoxy) is 3. The Hall–Kier alpha value is -2.05. The lowest BCUT2D eigenvalue weighted by atomic mass is 10.2. The zero-order valence-corrected chi connectivity index (χ0v) is 13.0. The van der Waals surface area contributed by atoms with Crippen LogP contribution >= 0.6 is 0 Å². The number of amides is 1. The minimum Gasteiger partial charge on any atom is -0.493 e. The number of nitrogens with one attached hydrogen (secondary N) is 1. The van der Waals surface area contributed by atoms with E-state index in [1.807, 2.05) is 19.1 Å². The highest BCUT2D eigenvalue weighted by molar-refractivity contribution is 5.91. The lowest BCUT2D eigenvalue weighted by Crippen LogP contribution is -2.25. The number of methoxy groups -OCH3 is 1. The molecule has 6 nitrogen and oxygen atoms in total. The molecule has 1 aromatic carbocycles. The molecule has 1 rings (SSSR count). The number of aliphatic hydroxyl groups excluding tert-OH is 1. The van der Waals surface area contributed by atoms with Crippen molar-refractivity contribution < 1.29 is 24.1 Å². The third-order valence-corrected chi connectivity index (χ3v) is 2.70. The molecule has 0 spiro atoms. The van der Waals surface area contributed by atoms with Crippen molar-refractivity contribution in [2.45, 2.75) is 6.92 Å². The molecule has 1 amide bonds. The van der Waals surface area contributed by atoms with Crippen molar-refractivity contribution in [1.29, 1.82) is 0 Å². The van der Waals surface area contributed by atoms with Crippen molar-refractivity contribution >= 4 is 12.0 Å². The molecule has 6 heteroatoms. The van der Waals surface area contributed by atoms with Gasteiger partial charge in [0.25, 0.3) is 0 Å². The molecule has 0 fully saturated rings. The molecule has 122 valence electrons. The van der Waals surface area contributed by atoms with Gasteiger partial charge >= 0.3 is 0 Å². The van der Waals surface area contributed by atoms with Gasteiger partial charge in [-0.15, -0.1) is 0 Å². The van der Waals surface area contributed by atoms with Crippen LogP contribution < -0.4 is 14.8 Å². The van der Waals surface area contributed by atoms with Crippen LogP contribution in [0.2, 0.25) is 0 Å². The topological polar surface area (TPSA) is 77.0 Å². The average Bonchev–Trinajstić information content (AvgIpc) is 2.54. The van der Waals surface area contributed by atoms with Crippen LogP contribution in [0.1, 0.15) is 12.5 Å². The van der Waals surface area contributed by atoms with Gasteiger partial charge in [0.1, 0.15) is 0 Å². The Morgan fingerprint density at radius 1 is 1.32 bits per heavy atom. The van der Waals surface area contributed by atoms with Crippen molar-refractivity contribution in [2.24, 2.45) is 0 Å². The Morgan fingerprint density at radius 2 is 2.14 bits per heavy atom. The van der Waals surface area contributed by atoms with Crippen molar-refractivity contribution in [3.8, 4) is 11.5 Å². The predicted molar refractivity (Wildman–Crippen MR) is 84.1 cm³/mol. The van der Waals surface area contributed by atoms with E-state index in [9.17, 15) is 4.79 Å². The molecule has 0 saturated heterocycles. The van der Waals surface area contributed by atoms with Crippen LogP contribution in [0.15, 0.2) is 24.3 Å². The van der Waals surface area contributed by atoms with E-state index in [-0.39, 0.29) is 19.1 Å². The van der Waals surface area contributed by atoms with Gasteiger partial charge in [0.2, 0.25) is 5.91 Å². The highest BCUT2D eigenvalue weighted by Crippen LogP contribution is 2.28. The summed E-state index contributed by atoms with van der Waals surface area (Å²) >= 11 is 0. The Labute approximate surface area is 130 Å². The third kappa shape index (κ3) is 6.60. The van der Waals surface area contributed by atoms with Crippen LogP contribution in [0.5, 0.6) is 11.5 Å². The number of hydrogen-bond acceptors (Lipinski definition) is 5. The molecule has 0 aliphatic rings. The van der Waals surface area contributed by atoms with E-state index in [0.717, 1.165) is 5.56 Å². The zero-order chi connectivity index (χ0) is 16.2. The van der Waals surface area contributed by atoms with Crippen LogP contribution in [-0.2, 0) is 9.53 Å². The van der Waals surface area contributed by atoms with Crippen LogP contribution in [-0.4, -0.2) is 51.1 Å². The van der Waals surface area contributed by atoms with Gasteiger partial charge in [-0.1, -0.05) is 6.07 Å². The summed E-state index contributed by atoms with van der Waals surface area (Å²) in [5.74, 6) is 1.09. The molecule has 0 unspecified atom stereocenters. The summed E-state index contributed by atoms with van der Waals surface area (Å²) < 4.78 is 15.7. The van der Waals surface area contributed by atoms with Gasteiger partial charge in [-0.25, -0.2) is 0 Å². The quantitative estimate of drug-likeness (QED) is 0.502. The summed E-state index contributed by atoms with van der Waals surface area (Å²) in [7, 11) is 1.57. The van der Waals surface area contributed by atoms with Crippen LogP contribution in [0.4, 0.5) is 0 Å². The molecule has 0 radical (unpaired) electrons. The van der Waals surface area contributed by atoms with Gasteiger partial charge in [0.15, 0.2) is 11.5 Å². The van der Waals surface area contributed by atoms with Gasteiger partial charge in [-0.2, -0.15) is 0 Å². The van der Waals surface area contributed by atoms with Crippen LogP contribution in [0, 0.1) is 0 Å². The molecular weight excluding hydrogens is 286 g/mol. The average molecular weight is 309 g/mol. The second kappa shape index (κ2) is 10.6. The maximum atomic E-state index is 11.6. The number of aliphatic hydroxyl groups is 1. The standard InChI is InChI=1S/C16H23NO5/c1-3-22-14-6-4-13(12-15(14)20-2)5-7-16(19)17-8-10-21-11-9-18/h4-7,12,18H,3,8-11H2,1-2H3,(H,17,19)/b7-5+. The normalized spacial score (nSPS) is 10.7. The third-order valence-electron chi connectivity index (χ3n) is 2.70. The summed E-state index contributed by atoms with van der Waals surface area (Å²) in [4.78, 5) is 11.6. The summed E-state index contributed by atoms with van der Waals surface area (Å²) in [6.07, 6.45) is 3.14. The number of rotatable bonds is 10. The first-order valence-electron chi connectivity index (χ1n) is 7.16. The van der Waals surface area contributed by atoms with Crippen molar-refractivity contribution in [3.05, 3.63) is 29.8 Å². The smallest absolute Gasteiger partial charge is 0.244 e. The lowest BCUT2D eigenvalue weighted by molar-refractivity contribution is -0.116. The summed E-state index contributed by atoms with van der Waals surface area (Å²) in [6.45, 7) is 3.49. The van der Waals surface area contributed by atoms with Gasteiger partial charge in [-0.05, 0) is 30.7 Å². The van der Waals surface area contributed by atoms with E-state index >= 15 is 0 Å². The Balaban J connectivity index is 2.49. The first-order chi connectivity index (χ1) is 10.7. The summed E-state index contributed by atoms with van der Waals surface area (Å²) in [6, 6.07) is 5.46. The van der Waals surface area contributed by atoms with Gasteiger partial charge < -0.3 is 24.6 Å². The minimum atomic E-state index is -0.208. The molecular formula is C16H23NO5. The van der Waals surface area contributed by atoms with Gasteiger partial charge in [0, 0.05) is 12.6 Å². The van der Waals surface area contributed by atoms with Crippen LogP contribution in [0.3, 0.4) is 0 Å². The highest BCUT2D eigenvalue weighted by Gasteiger charge is 2.04. The molecule has 0 aromatic heterocycles. The molecule has 0 atom stereocenters. The largest absolute Gasteiger partial charge is 0.493 e. The van der Waals surface area contributed by atoms with Gasteiger partial charge in [0.05, 0.1) is 33.5 Å². The van der Waals surface area contributed by atoms with E-state index in [1.165, 1.54) is 6.08 Å². The van der Waals surface area contributed by atoms with Crippen molar-refractivity contribution in [1.82, 2.24) is 5.32 Å². The minimum absolute atomic E-state index is 0.0204. The first-order valence-corrected chi connectivity index (χ1v) is 7.16. The molecule has 22 heavy (non-hydrogen) atoms. The van der Waals surface area contributed by atoms with E-state index in [1.54, 1.807) is 19.3 Å². The van der Waals surface area contributed by atoms with Crippen LogP contribution in [0.25, 0.3) is 6.08 Å². The maximum Gasteiger partial charge on any atom is 0.244 e. The fraction of sp³-hybridized carbons (Fsp3) is 0.438. The molecule has 0 aliphatic heterocycles. The van der Waals surface area contributed by atoms with Gasteiger partial charge in [-0.3, -0.25) is 4.79 Å². The molecule has 2 N–H and O–H groups in total. The van der Waals surface area contributed by atoms with Crippen molar-refractivity contribution in [2.75, 3.05) is 40.1 Å². The fourth-order valence-electron chi connectivity index (χ4n) is 1.71. The number of carbonyl (C=O) groups is 1. The Kier molecular flexibility index (Phi) is 8.71. The van der Waals surface area contributed by atoms with E-state index in [4.69, 9.17) is 19.3 Å². The second-order valence-electron chi connectivity index (χ2n) is 4.30. The van der Waals surface area contributed by atoms with E-state index in [0.29, 0.717) is 31.3 Å². The summed E-state index contributed by atoms with van der Waals surface area (Å²) in [5.41, 5.74) is 0.840. The van der Waals surface area contributed by atoms with Crippen molar-refractivity contribution in [3.63, 3.8) is 0 Å². The monoisotopic (exact) mass is 309 g/mol. The zero-order valence-electron chi connectivity index (χ0n) is 13.0. The SMILES string of the molecule is CCOc1ccc(/C=C/C(=O)NCCOCCO)cc1OC. The Bertz CT molecular complexity index is 487. The molecule has 0 aliphatic carbocycles. The summed E-state index contributed by atoms with van der Waals surface area (Å²) in [5, 5.41) is 11.2. The Morgan fingerprint density at radius 3 is 2.82 bits per heavy atom. The van der Waals surface area contributed by atoms with E-state index < -0.39 is 0 Å². The molecule has 0 saturated carbocycles. The predicted octanol–water partition coefficient (Wildman–Crippen LogP) is 1.23. The number of carbonyl (C=O) groups excluding carboxylic acids is 1. The highest BCUT2D eigenvalue weighted by atomic mass is 16.5. The number of hydrogen-bond donors (Lipinski definition) is 2. The first kappa shape index (κ1) is 18.0. The molecule has 0 bridgehead atoms. The number of benzene rings is 1.